The van der Waals surface area contributed by atoms with Crippen LogP contribution in [0, 0.1) is 0 Å². The number of hydrogen-bond acceptors (Lipinski definition) is 1. The Morgan fingerprint density at radius 1 is 0.696 bits per heavy atom. The highest BCUT2D eigenvalue weighted by atomic mass is 16.1. The van der Waals surface area contributed by atoms with Gasteiger partial charge in [-0.25, -0.2) is 0 Å². The van der Waals surface area contributed by atoms with Crippen LogP contribution in [0.3, 0.4) is 0 Å². The molecular formula is C22H18O. The normalized spacial score (nSPS) is 11.2. The van der Waals surface area contributed by atoms with E-state index in [1.807, 2.05) is 97.1 Å². The number of hydrogen-bond donors (Lipinski definition) is 0. The molecule has 0 amide bonds. The molecule has 0 N–H and O–H groups in total. The van der Waals surface area contributed by atoms with Crippen molar-refractivity contribution in [3.63, 3.8) is 0 Å². The molecule has 0 aliphatic heterocycles. The molecule has 0 unspecified atom stereocenters. The highest BCUT2D eigenvalue weighted by molar-refractivity contribution is 6.25. The summed E-state index contributed by atoms with van der Waals surface area (Å²) in [5, 5.41) is 0. The van der Waals surface area contributed by atoms with E-state index in [0.29, 0.717) is 6.42 Å². The van der Waals surface area contributed by atoms with E-state index in [-0.39, 0.29) is 5.78 Å². The third-order valence-electron chi connectivity index (χ3n) is 3.70. The Bertz CT molecular complexity index is 787. The van der Waals surface area contributed by atoms with Crippen LogP contribution in [0.4, 0.5) is 0 Å². The van der Waals surface area contributed by atoms with Crippen LogP contribution in [0.15, 0.2) is 91.0 Å². The van der Waals surface area contributed by atoms with Gasteiger partial charge < -0.3 is 0 Å². The fraction of sp³-hybridized carbons (Fsp3) is 0.0455. The minimum absolute atomic E-state index is 0.131. The van der Waals surface area contributed by atoms with Crippen LogP contribution in [-0.4, -0.2) is 5.78 Å². The molecule has 3 rings (SSSR count). The molecule has 0 aliphatic carbocycles. The van der Waals surface area contributed by atoms with Crippen LogP contribution in [0.1, 0.15) is 16.7 Å². The Labute approximate surface area is 136 Å². The van der Waals surface area contributed by atoms with E-state index in [1.165, 1.54) is 0 Å². The third kappa shape index (κ3) is 4.04. The summed E-state index contributed by atoms with van der Waals surface area (Å²) in [6, 6.07) is 29.7. The monoisotopic (exact) mass is 298 g/mol. The van der Waals surface area contributed by atoms with Crippen LogP contribution in [0.2, 0.25) is 0 Å². The van der Waals surface area contributed by atoms with Gasteiger partial charge in [-0.05, 0) is 22.8 Å². The molecule has 0 fully saturated rings. The number of allylic oxidation sites excluding steroid dienone is 1. The molecule has 0 spiro atoms. The van der Waals surface area contributed by atoms with Gasteiger partial charge >= 0.3 is 0 Å². The van der Waals surface area contributed by atoms with Crippen molar-refractivity contribution in [2.75, 3.05) is 0 Å². The molecule has 0 radical (unpaired) electrons. The molecule has 0 heterocycles. The van der Waals surface area contributed by atoms with Gasteiger partial charge in [0, 0.05) is 12.0 Å². The average Bonchev–Trinajstić information content (AvgIpc) is 2.62. The second-order valence-corrected chi connectivity index (χ2v) is 5.42. The molecule has 0 aliphatic rings. The van der Waals surface area contributed by atoms with E-state index in [2.05, 4.69) is 0 Å². The van der Waals surface area contributed by atoms with Gasteiger partial charge in [-0.1, -0.05) is 91.0 Å². The topological polar surface area (TPSA) is 17.1 Å². The Morgan fingerprint density at radius 2 is 1.22 bits per heavy atom. The summed E-state index contributed by atoms with van der Waals surface area (Å²) >= 11 is 0. The lowest BCUT2D eigenvalue weighted by molar-refractivity contribution is -0.113. The van der Waals surface area contributed by atoms with E-state index in [1.54, 1.807) is 0 Å². The molecule has 0 saturated carbocycles. The number of carbonyl (C=O) groups excluding carboxylic acids is 1. The Kier molecular flexibility index (Phi) is 4.80. The maximum atomic E-state index is 12.8. The van der Waals surface area contributed by atoms with Crippen molar-refractivity contribution in [2.24, 2.45) is 0 Å². The van der Waals surface area contributed by atoms with Gasteiger partial charge in [0.05, 0.1) is 0 Å². The summed E-state index contributed by atoms with van der Waals surface area (Å²) in [4.78, 5) is 12.8. The molecule has 0 atom stereocenters. The first-order valence-corrected chi connectivity index (χ1v) is 7.72. The molecule has 0 saturated heterocycles. The second kappa shape index (κ2) is 7.37. The Hall–Kier alpha value is -2.93. The van der Waals surface area contributed by atoms with Crippen molar-refractivity contribution in [2.45, 2.75) is 6.42 Å². The summed E-state index contributed by atoms with van der Waals surface area (Å²) in [5.74, 6) is 0.131. The minimum atomic E-state index is 0.131. The Balaban J connectivity index is 1.95. The van der Waals surface area contributed by atoms with Gasteiger partial charge in [0.25, 0.3) is 0 Å². The summed E-state index contributed by atoms with van der Waals surface area (Å²) in [6.45, 7) is 0. The molecule has 3 aromatic rings. The smallest absolute Gasteiger partial charge is 0.167 e. The first-order valence-electron chi connectivity index (χ1n) is 7.72. The lowest BCUT2D eigenvalue weighted by Gasteiger charge is -2.08. The van der Waals surface area contributed by atoms with E-state index < -0.39 is 0 Å². The Morgan fingerprint density at radius 3 is 1.83 bits per heavy atom. The molecule has 3 aromatic carbocycles. The molecule has 1 nitrogen and oxygen atoms in total. The van der Waals surface area contributed by atoms with Crippen molar-refractivity contribution in [3.05, 3.63) is 108 Å². The third-order valence-corrected chi connectivity index (χ3v) is 3.70. The quantitative estimate of drug-likeness (QED) is 0.476. The lowest BCUT2D eigenvalue weighted by atomic mass is 9.95. The van der Waals surface area contributed by atoms with Crippen LogP contribution in [0.25, 0.3) is 11.6 Å². The van der Waals surface area contributed by atoms with E-state index in [9.17, 15) is 4.79 Å². The SMILES string of the molecule is O=C(Cc1ccccc1)/C(=C/c1ccccc1)c1ccccc1. The summed E-state index contributed by atoms with van der Waals surface area (Å²) in [6.07, 6.45) is 2.38. The van der Waals surface area contributed by atoms with Crippen LogP contribution >= 0.6 is 0 Å². The van der Waals surface area contributed by atoms with Crippen molar-refractivity contribution >= 4 is 17.4 Å². The number of ketones is 1. The van der Waals surface area contributed by atoms with Crippen molar-refractivity contribution in [1.29, 1.82) is 0 Å². The lowest BCUT2D eigenvalue weighted by Crippen LogP contribution is -2.05. The fourth-order valence-corrected chi connectivity index (χ4v) is 2.53. The fourth-order valence-electron chi connectivity index (χ4n) is 2.53. The second-order valence-electron chi connectivity index (χ2n) is 5.42. The van der Waals surface area contributed by atoms with E-state index in [4.69, 9.17) is 0 Å². The van der Waals surface area contributed by atoms with E-state index in [0.717, 1.165) is 22.3 Å². The molecule has 112 valence electrons. The number of benzene rings is 3. The van der Waals surface area contributed by atoms with Crippen molar-refractivity contribution in [1.82, 2.24) is 0 Å². The maximum Gasteiger partial charge on any atom is 0.167 e. The van der Waals surface area contributed by atoms with Crippen molar-refractivity contribution < 1.29 is 4.79 Å². The van der Waals surface area contributed by atoms with Gasteiger partial charge in [-0.15, -0.1) is 0 Å². The van der Waals surface area contributed by atoms with Gasteiger partial charge in [-0.2, -0.15) is 0 Å². The zero-order valence-electron chi connectivity index (χ0n) is 12.9. The molecule has 0 bridgehead atoms. The van der Waals surface area contributed by atoms with Gasteiger partial charge in [0.15, 0.2) is 5.78 Å². The standard InChI is InChI=1S/C22H18O/c23-22(17-19-12-6-2-7-13-19)21(20-14-8-3-9-15-20)16-18-10-4-1-5-11-18/h1-16H,17H2/b21-16+. The predicted molar refractivity (Wildman–Crippen MR) is 95.9 cm³/mol. The molecule has 0 aromatic heterocycles. The largest absolute Gasteiger partial charge is 0.294 e. The van der Waals surface area contributed by atoms with Gasteiger partial charge in [-0.3, -0.25) is 4.79 Å². The molecule has 1 heteroatoms. The minimum Gasteiger partial charge on any atom is -0.294 e. The maximum absolute atomic E-state index is 12.8. The summed E-state index contributed by atoms with van der Waals surface area (Å²) < 4.78 is 0. The van der Waals surface area contributed by atoms with Crippen molar-refractivity contribution in [3.8, 4) is 0 Å². The zero-order valence-corrected chi connectivity index (χ0v) is 12.9. The van der Waals surface area contributed by atoms with Crippen LogP contribution in [-0.2, 0) is 11.2 Å². The van der Waals surface area contributed by atoms with Crippen LogP contribution < -0.4 is 0 Å². The number of Topliss-reactive ketones (excluding diaryl/α,β-unsaturated/α-hetero) is 1. The first-order chi connectivity index (χ1) is 11.3. The predicted octanol–water partition coefficient (Wildman–Crippen LogP) is 5.04. The van der Waals surface area contributed by atoms with E-state index >= 15 is 0 Å². The zero-order chi connectivity index (χ0) is 15.9. The van der Waals surface area contributed by atoms with Gasteiger partial charge in [0.2, 0.25) is 0 Å². The average molecular weight is 298 g/mol. The summed E-state index contributed by atoms with van der Waals surface area (Å²) in [7, 11) is 0. The number of carbonyl (C=O) groups is 1. The first kappa shape index (κ1) is 15.0. The highest BCUT2D eigenvalue weighted by Crippen LogP contribution is 2.21. The van der Waals surface area contributed by atoms with Crippen LogP contribution in [0.5, 0.6) is 0 Å². The summed E-state index contributed by atoms with van der Waals surface area (Å²) in [5.41, 5.74) is 3.78. The molecule has 23 heavy (non-hydrogen) atoms. The highest BCUT2D eigenvalue weighted by Gasteiger charge is 2.12. The van der Waals surface area contributed by atoms with Gasteiger partial charge in [0.1, 0.15) is 0 Å². The molecular weight excluding hydrogens is 280 g/mol. The number of rotatable bonds is 5.